The number of allylic oxidation sites excluding steroid dienone is 1. The van der Waals surface area contributed by atoms with Crippen LogP contribution in [-0.2, 0) is 11.2 Å². The van der Waals surface area contributed by atoms with Crippen LogP contribution in [0.1, 0.15) is 12.5 Å². The van der Waals surface area contributed by atoms with Gasteiger partial charge in [0, 0.05) is 16.5 Å². The SMILES string of the molecule is CC(=O)/C=C/C1Cc2c(Br)ccc(Cl)c2O1. The van der Waals surface area contributed by atoms with Crippen LogP contribution >= 0.6 is 27.5 Å². The maximum atomic E-state index is 10.8. The number of halogens is 2. The van der Waals surface area contributed by atoms with Gasteiger partial charge in [-0.25, -0.2) is 0 Å². The average molecular weight is 302 g/mol. The van der Waals surface area contributed by atoms with Crippen LogP contribution in [-0.4, -0.2) is 11.9 Å². The molecular formula is C12H10BrClO2. The van der Waals surface area contributed by atoms with Crippen molar-refractivity contribution in [1.82, 2.24) is 0 Å². The summed E-state index contributed by atoms with van der Waals surface area (Å²) >= 11 is 9.49. The predicted molar refractivity (Wildman–Crippen MR) is 67.1 cm³/mol. The number of carbonyl (C=O) groups excluding carboxylic acids is 1. The van der Waals surface area contributed by atoms with Crippen LogP contribution in [0, 0.1) is 0 Å². The lowest BCUT2D eigenvalue weighted by Gasteiger charge is -2.05. The Morgan fingerprint density at radius 2 is 2.38 bits per heavy atom. The van der Waals surface area contributed by atoms with E-state index in [0.717, 1.165) is 16.5 Å². The van der Waals surface area contributed by atoms with Gasteiger partial charge in [0.25, 0.3) is 0 Å². The predicted octanol–water partition coefficient (Wildman–Crippen LogP) is 3.55. The van der Waals surface area contributed by atoms with Crippen molar-refractivity contribution < 1.29 is 9.53 Å². The highest BCUT2D eigenvalue weighted by atomic mass is 79.9. The lowest BCUT2D eigenvalue weighted by Crippen LogP contribution is -2.09. The molecule has 0 saturated heterocycles. The van der Waals surface area contributed by atoms with Gasteiger partial charge in [-0.1, -0.05) is 27.5 Å². The highest BCUT2D eigenvalue weighted by molar-refractivity contribution is 9.10. The Labute approximate surface area is 107 Å². The Morgan fingerprint density at radius 3 is 3.00 bits per heavy atom. The quantitative estimate of drug-likeness (QED) is 0.781. The van der Waals surface area contributed by atoms with Crippen molar-refractivity contribution in [2.24, 2.45) is 0 Å². The topological polar surface area (TPSA) is 26.3 Å². The highest BCUT2D eigenvalue weighted by Gasteiger charge is 2.25. The van der Waals surface area contributed by atoms with Gasteiger partial charge in [-0.05, 0) is 31.2 Å². The zero-order chi connectivity index (χ0) is 11.7. The molecule has 0 spiro atoms. The maximum Gasteiger partial charge on any atom is 0.152 e. The molecule has 0 aromatic heterocycles. The van der Waals surface area contributed by atoms with Gasteiger partial charge in [0.15, 0.2) is 5.78 Å². The highest BCUT2D eigenvalue weighted by Crippen LogP contribution is 2.40. The number of carbonyl (C=O) groups is 1. The Hall–Kier alpha value is -0.800. The number of benzene rings is 1. The summed E-state index contributed by atoms with van der Waals surface area (Å²) in [6.07, 6.45) is 3.93. The molecule has 1 aromatic rings. The molecule has 0 N–H and O–H groups in total. The smallest absolute Gasteiger partial charge is 0.152 e. The van der Waals surface area contributed by atoms with Crippen molar-refractivity contribution in [2.75, 3.05) is 0 Å². The summed E-state index contributed by atoms with van der Waals surface area (Å²) in [5, 5.41) is 0.608. The number of hydrogen-bond donors (Lipinski definition) is 0. The zero-order valence-corrected chi connectivity index (χ0v) is 11.0. The third-order valence-corrected chi connectivity index (χ3v) is 3.42. The van der Waals surface area contributed by atoms with E-state index < -0.39 is 0 Å². The number of ketones is 1. The summed E-state index contributed by atoms with van der Waals surface area (Å²) in [6.45, 7) is 1.52. The molecule has 84 valence electrons. The van der Waals surface area contributed by atoms with Gasteiger partial charge in [-0.3, -0.25) is 4.79 Å². The van der Waals surface area contributed by atoms with Crippen molar-refractivity contribution in [3.63, 3.8) is 0 Å². The molecule has 0 amide bonds. The molecule has 16 heavy (non-hydrogen) atoms. The normalized spacial score (nSPS) is 18.6. The molecule has 2 nitrogen and oxygen atoms in total. The van der Waals surface area contributed by atoms with Crippen molar-refractivity contribution in [2.45, 2.75) is 19.4 Å². The van der Waals surface area contributed by atoms with Crippen LogP contribution in [0.15, 0.2) is 28.8 Å². The molecule has 1 aliphatic rings. The van der Waals surface area contributed by atoms with Crippen LogP contribution in [0.4, 0.5) is 0 Å². The monoisotopic (exact) mass is 300 g/mol. The molecule has 0 fully saturated rings. The lowest BCUT2D eigenvalue weighted by molar-refractivity contribution is -0.112. The minimum absolute atomic E-state index is 0.0183. The van der Waals surface area contributed by atoms with E-state index in [0.29, 0.717) is 10.8 Å². The Bertz CT molecular complexity index is 437. The summed E-state index contributed by atoms with van der Waals surface area (Å²) < 4.78 is 6.66. The Kier molecular flexibility index (Phi) is 3.36. The van der Waals surface area contributed by atoms with E-state index in [9.17, 15) is 4.79 Å². The third-order valence-electron chi connectivity index (χ3n) is 2.38. The first-order valence-electron chi connectivity index (χ1n) is 4.90. The molecular weight excluding hydrogens is 291 g/mol. The van der Waals surface area contributed by atoms with Crippen molar-refractivity contribution in [3.05, 3.63) is 39.3 Å². The van der Waals surface area contributed by atoms with Crippen molar-refractivity contribution in [3.8, 4) is 5.75 Å². The van der Waals surface area contributed by atoms with Crippen LogP contribution < -0.4 is 4.74 Å². The van der Waals surface area contributed by atoms with Gasteiger partial charge < -0.3 is 4.74 Å². The van der Waals surface area contributed by atoms with Gasteiger partial charge in [-0.15, -0.1) is 0 Å². The fourth-order valence-corrected chi connectivity index (χ4v) is 2.33. The molecule has 1 heterocycles. The van der Waals surface area contributed by atoms with Crippen LogP contribution in [0.2, 0.25) is 5.02 Å². The van der Waals surface area contributed by atoms with E-state index in [1.807, 2.05) is 6.07 Å². The fourth-order valence-electron chi connectivity index (χ4n) is 1.64. The first kappa shape index (κ1) is 11.7. The van der Waals surface area contributed by atoms with E-state index >= 15 is 0 Å². The Balaban J connectivity index is 2.24. The summed E-state index contributed by atoms with van der Waals surface area (Å²) in [6, 6.07) is 3.70. The van der Waals surface area contributed by atoms with Gasteiger partial charge in [-0.2, -0.15) is 0 Å². The van der Waals surface area contributed by atoms with Gasteiger partial charge in [0.1, 0.15) is 11.9 Å². The summed E-state index contributed by atoms with van der Waals surface area (Å²) in [4.78, 5) is 10.8. The first-order chi connectivity index (χ1) is 7.58. The molecule has 1 aromatic carbocycles. The first-order valence-corrected chi connectivity index (χ1v) is 6.07. The summed E-state index contributed by atoms with van der Waals surface area (Å²) in [5.41, 5.74) is 1.06. The second-order valence-corrected chi connectivity index (χ2v) is 4.93. The van der Waals surface area contributed by atoms with Crippen LogP contribution in [0.25, 0.3) is 0 Å². The van der Waals surface area contributed by atoms with E-state index in [-0.39, 0.29) is 11.9 Å². The maximum absolute atomic E-state index is 10.8. The number of rotatable bonds is 2. The zero-order valence-electron chi connectivity index (χ0n) is 8.67. The van der Waals surface area contributed by atoms with Gasteiger partial charge >= 0.3 is 0 Å². The molecule has 0 bridgehead atoms. The molecule has 0 aliphatic carbocycles. The fraction of sp³-hybridized carbons (Fsp3) is 0.250. The number of ether oxygens (including phenoxy) is 1. The van der Waals surface area contributed by atoms with Crippen molar-refractivity contribution >= 4 is 33.3 Å². The minimum Gasteiger partial charge on any atom is -0.484 e. The lowest BCUT2D eigenvalue weighted by atomic mass is 10.1. The molecule has 1 aliphatic heterocycles. The average Bonchev–Trinajstić information content (AvgIpc) is 2.66. The molecule has 0 saturated carbocycles. The largest absolute Gasteiger partial charge is 0.484 e. The summed E-state index contributed by atoms with van der Waals surface area (Å²) in [5.74, 6) is 0.735. The molecule has 0 radical (unpaired) electrons. The van der Waals surface area contributed by atoms with Crippen molar-refractivity contribution in [1.29, 1.82) is 0 Å². The van der Waals surface area contributed by atoms with Crippen LogP contribution in [0.5, 0.6) is 5.75 Å². The molecule has 1 atom stereocenters. The second-order valence-electron chi connectivity index (χ2n) is 3.67. The standard InChI is InChI=1S/C12H10BrClO2/c1-7(15)2-3-8-6-9-10(13)4-5-11(14)12(9)16-8/h2-5,8H,6H2,1H3/b3-2+. The molecule has 1 unspecified atom stereocenters. The van der Waals surface area contributed by atoms with E-state index in [1.54, 1.807) is 12.1 Å². The third kappa shape index (κ3) is 2.30. The summed E-state index contributed by atoms with van der Waals surface area (Å²) in [7, 11) is 0. The molecule has 4 heteroatoms. The van der Waals surface area contributed by atoms with Crippen LogP contribution in [0.3, 0.4) is 0 Å². The molecule has 2 rings (SSSR count). The number of fused-ring (bicyclic) bond motifs is 1. The minimum atomic E-state index is -0.102. The second kappa shape index (κ2) is 4.60. The van der Waals surface area contributed by atoms with E-state index in [2.05, 4.69) is 15.9 Å². The Morgan fingerprint density at radius 1 is 1.62 bits per heavy atom. The van der Waals surface area contributed by atoms with Gasteiger partial charge in [0.05, 0.1) is 5.02 Å². The van der Waals surface area contributed by atoms with E-state index in [4.69, 9.17) is 16.3 Å². The van der Waals surface area contributed by atoms with Gasteiger partial charge in [0.2, 0.25) is 0 Å². The van der Waals surface area contributed by atoms with E-state index in [1.165, 1.54) is 13.0 Å². The number of hydrogen-bond acceptors (Lipinski definition) is 2.